The van der Waals surface area contributed by atoms with Crippen LogP contribution in [0, 0.1) is 24.5 Å². The van der Waals surface area contributed by atoms with Crippen LogP contribution in [-0.2, 0) is 6.54 Å². The lowest BCUT2D eigenvalue weighted by Gasteiger charge is -2.40. The SMILES string of the molecule is Cc1ccc(-c2ccncc2)cc1CN(C(=O)c1sc2c(F)ccc(F)c2c1Cl)C1CCC(CN(C(=O)O)C(C)(C)C)CC1. The second-order valence-corrected chi connectivity index (χ2v) is 13.9. The molecule has 0 radical (unpaired) electrons. The zero-order chi connectivity index (χ0) is 31.8. The van der Waals surface area contributed by atoms with Crippen molar-refractivity contribution in [3.63, 3.8) is 0 Å². The fraction of sp³-hybridized carbons (Fsp3) is 0.382. The third-order valence-electron chi connectivity index (χ3n) is 8.58. The summed E-state index contributed by atoms with van der Waals surface area (Å²) in [4.78, 5) is 33.8. The number of carbonyl (C=O) groups is 2. The quantitative estimate of drug-likeness (QED) is 0.219. The molecule has 5 rings (SSSR count). The van der Waals surface area contributed by atoms with Crippen molar-refractivity contribution < 1.29 is 23.5 Å². The molecule has 1 aliphatic carbocycles. The molecule has 0 spiro atoms. The largest absolute Gasteiger partial charge is 0.465 e. The van der Waals surface area contributed by atoms with E-state index in [1.54, 1.807) is 17.3 Å². The number of rotatable bonds is 7. The minimum atomic E-state index is -0.945. The Morgan fingerprint density at radius 1 is 1.00 bits per heavy atom. The van der Waals surface area contributed by atoms with Crippen molar-refractivity contribution in [2.24, 2.45) is 5.92 Å². The van der Waals surface area contributed by atoms with Crippen molar-refractivity contribution in [3.8, 4) is 11.1 Å². The number of aryl methyl sites for hydroxylation is 1. The molecule has 6 nitrogen and oxygen atoms in total. The van der Waals surface area contributed by atoms with Gasteiger partial charge in [0.1, 0.15) is 16.5 Å². The van der Waals surface area contributed by atoms with Crippen molar-refractivity contribution in [1.82, 2.24) is 14.8 Å². The zero-order valence-electron chi connectivity index (χ0n) is 25.2. The van der Waals surface area contributed by atoms with Crippen LogP contribution in [0.25, 0.3) is 21.2 Å². The van der Waals surface area contributed by atoms with E-state index < -0.39 is 23.3 Å². The van der Waals surface area contributed by atoms with E-state index in [-0.39, 0.29) is 44.4 Å². The standard InChI is InChI=1S/C34H36ClF2N3O3S/c1-20-5-8-23(22-13-15-38-16-14-22)17-24(20)19-39(25-9-6-21(7-10-25)18-40(33(42)43)34(2,3)4)32(41)31-29(35)28-26(36)11-12-27(37)30(28)44-31/h5,8,11-17,21,25H,6-7,9-10,18-19H2,1-4H3,(H,42,43). The molecule has 1 fully saturated rings. The average molecular weight is 640 g/mol. The molecule has 2 heterocycles. The van der Waals surface area contributed by atoms with E-state index in [4.69, 9.17) is 11.6 Å². The molecule has 4 aromatic rings. The van der Waals surface area contributed by atoms with E-state index in [0.717, 1.165) is 58.6 Å². The molecule has 1 N–H and O–H groups in total. The van der Waals surface area contributed by atoms with Gasteiger partial charge in [-0.3, -0.25) is 9.78 Å². The first-order chi connectivity index (χ1) is 20.8. The van der Waals surface area contributed by atoms with Gasteiger partial charge >= 0.3 is 6.09 Å². The normalized spacial score (nSPS) is 17.1. The Bertz CT molecular complexity index is 1680. The van der Waals surface area contributed by atoms with Gasteiger partial charge in [-0.1, -0.05) is 23.7 Å². The van der Waals surface area contributed by atoms with Crippen LogP contribution in [0.15, 0.2) is 54.9 Å². The Labute approximate surface area is 265 Å². The van der Waals surface area contributed by atoms with E-state index in [1.807, 2.05) is 52.0 Å². The van der Waals surface area contributed by atoms with Crippen molar-refractivity contribution in [3.05, 3.63) is 87.5 Å². The molecule has 2 amide bonds. The third kappa shape index (κ3) is 6.59. The number of hydrogen-bond donors (Lipinski definition) is 1. The minimum absolute atomic E-state index is 0.0221. The summed E-state index contributed by atoms with van der Waals surface area (Å²) in [6.07, 6.45) is 5.35. The lowest BCUT2D eigenvalue weighted by Crippen LogP contribution is -2.48. The highest BCUT2D eigenvalue weighted by Crippen LogP contribution is 2.41. The highest BCUT2D eigenvalue weighted by molar-refractivity contribution is 7.21. The molecule has 0 aliphatic heterocycles. The Balaban J connectivity index is 1.47. The number of amides is 2. The fourth-order valence-electron chi connectivity index (χ4n) is 6.02. The van der Waals surface area contributed by atoms with E-state index in [0.29, 0.717) is 19.4 Å². The van der Waals surface area contributed by atoms with Gasteiger partial charge in [-0.15, -0.1) is 11.3 Å². The Morgan fingerprint density at radius 3 is 2.27 bits per heavy atom. The Hall–Kier alpha value is -3.56. The van der Waals surface area contributed by atoms with Crippen LogP contribution in [0.1, 0.15) is 67.3 Å². The summed E-state index contributed by atoms with van der Waals surface area (Å²) >= 11 is 7.47. The third-order valence-corrected chi connectivity index (χ3v) is 10.3. The molecule has 2 aromatic carbocycles. The van der Waals surface area contributed by atoms with E-state index in [9.17, 15) is 23.5 Å². The minimum Gasteiger partial charge on any atom is -0.465 e. The maximum atomic E-state index is 14.7. The number of thiophene rings is 1. The maximum Gasteiger partial charge on any atom is 0.407 e. The molecule has 0 atom stereocenters. The predicted molar refractivity (Wildman–Crippen MR) is 171 cm³/mol. The van der Waals surface area contributed by atoms with Gasteiger partial charge in [0.15, 0.2) is 0 Å². The van der Waals surface area contributed by atoms with Gasteiger partial charge in [0, 0.05) is 37.1 Å². The number of hydrogen-bond acceptors (Lipinski definition) is 4. The number of halogens is 3. The summed E-state index contributed by atoms with van der Waals surface area (Å²) < 4.78 is 29.4. The number of fused-ring (bicyclic) bond motifs is 1. The molecular formula is C34H36ClF2N3O3S. The van der Waals surface area contributed by atoms with Crippen LogP contribution in [0.2, 0.25) is 5.02 Å². The molecule has 44 heavy (non-hydrogen) atoms. The molecule has 0 saturated heterocycles. The summed E-state index contributed by atoms with van der Waals surface area (Å²) in [5.41, 5.74) is 3.43. The number of carboxylic acid groups (broad SMARTS) is 1. The molecule has 2 aromatic heterocycles. The highest BCUT2D eigenvalue weighted by atomic mass is 35.5. The maximum absolute atomic E-state index is 14.7. The van der Waals surface area contributed by atoms with Gasteiger partial charge in [-0.05, 0) is 112 Å². The molecule has 232 valence electrons. The first-order valence-electron chi connectivity index (χ1n) is 14.7. The van der Waals surface area contributed by atoms with Crippen LogP contribution < -0.4 is 0 Å². The predicted octanol–water partition coefficient (Wildman–Crippen LogP) is 9.18. The van der Waals surface area contributed by atoms with Crippen LogP contribution in [-0.4, -0.2) is 50.0 Å². The van der Waals surface area contributed by atoms with Gasteiger partial charge in [-0.25, -0.2) is 13.6 Å². The molecule has 1 aliphatic rings. The molecular weight excluding hydrogens is 604 g/mol. The monoisotopic (exact) mass is 639 g/mol. The van der Waals surface area contributed by atoms with Crippen LogP contribution in [0.5, 0.6) is 0 Å². The van der Waals surface area contributed by atoms with Gasteiger partial charge in [0.2, 0.25) is 0 Å². The number of carbonyl (C=O) groups excluding carboxylic acids is 1. The lowest BCUT2D eigenvalue weighted by atomic mass is 9.84. The Morgan fingerprint density at radius 2 is 1.66 bits per heavy atom. The summed E-state index contributed by atoms with van der Waals surface area (Å²) in [6.45, 7) is 8.36. The topological polar surface area (TPSA) is 73.7 Å². The first-order valence-corrected chi connectivity index (χ1v) is 15.9. The molecule has 10 heteroatoms. The smallest absolute Gasteiger partial charge is 0.407 e. The Kier molecular flexibility index (Phi) is 9.28. The van der Waals surface area contributed by atoms with Crippen molar-refractivity contribution in [2.45, 2.75) is 71.5 Å². The van der Waals surface area contributed by atoms with Crippen LogP contribution >= 0.6 is 22.9 Å². The average Bonchev–Trinajstić information content (AvgIpc) is 3.35. The van der Waals surface area contributed by atoms with E-state index in [2.05, 4.69) is 11.1 Å². The van der Waals surface area contributed by atoms with Crippen LogP contribution in [0.3, 0.4) is 0 Å². The molecule has 0 unspecified atom stereocenters. The number of pyridine rings is 1. The van der Waals surface area contributed by atoms with Gasteiger partial charge in [-0.2, -0.15) is 0 Å². The zero-order valence-corrected chi connectivity index (χ0v) is 26.8. The van der Waals surface area contributed by atoms with Gasteiger partial charge in [0.05, 0.1) is 15.1 Å². The van der Waals surface area contributed by atoms with E-state index >= 15 is 0 Å². The van der Waals surface area contributed by atoms with Crippen molar-refractivity contribution >= 4 is 45.0 Å². The van der Waals surface area contributed by atoms with Crippen LogP contribution in [0.4, 0.5) is 13.6 Å². The summed E-state index contributed by atoms with van der Waals surface area (Å²) in [6, 6.07) is 11.9. The van der Waals surface area contributed by atoms with Gasteiger partial charge in [0.25, 0.3) is 5.91 Å². The van der Waals surface area contributed by atoms with Gasteiger partial charge < -0.3 is 14.9 Å². The van der Waals surface area contributed by atoms with Crippen molar-refractivity contribution in [1.29, 1.82) is 0 Å². The number of aromatic nitrogens is 1. The second-order valence-electron chi connectivity index (χ2n) is 12.5. The molecule has 0 bridgehead atoms. The second kappa shape index (κ2) is 12.8. The first kappa shape index (κ1) is 31.9. The fourth-order valence-corrected chi connectivity index (χ4v) is 7.52. The lowest BCUT2D eigenvalue weighted by molar-refractivity contribution is 0.0536. The summed E-state index contributed by atoms with van der Waals surface area (Å²) in [7, 11) is 0. The number of nitrogens with zero attached hydrogens (tertiary/aromatic N) is 3. The summed E-state index contributed by atoms with van der Waals surface area (Å²) in [5, 5.41) is 9.66. The summed E-state index contributed by atoms with van der Waals surface area (Å²) in [5.74, 6) is -1.50. The number of benzene rings is 2. The molecule has 1 saturated carbocycles. The highest BCUT2D eigenvalue weighted by Gasteiger charge is 2.35. The van der Waals surface area contributed by atoms with E-state index in [1.165, 1.54) is 4.90 Å². The van der Waals surface area contributed by atoms with Crippen molar-refractivity contribution in [2.75, 3.05) is 6.54 Å².